The lowest BCUT2D eigenvalue weighted by atomic mass is 9.61. The van der Waals surface area contributed by atoms with E-state index in [9.17, 15) is 5.11 Å². The van der Waals surface area contributed by atoms with Crippen LogP contribution in [0.15, 0.2) is 24.3 Å². The Labute approximate surface area is 131 Å². The van der Waals surface area contributed by atoms with Crippen molar-refractivity contribution < 1.29 is 9.76 Å². The average Bonchev–Trinajstić information content (AvgIpc) is 2.24. The van der Waals surface area contributed by atoms with Crippen LogP contribution in [-0.2, 0) is 11.1 Å². The van der Waals surface area contributed by atoms with Crippen molar-refractivity contribution in [1.82, 2.24) is 0 Å². The highest BCUT2D eigenvalue weighted by Gasteiger charge is 2.36. The summed E-state index contributed by atoms with van der Waals surface area (Å²) in [6.07, 6.45) is 0.649. The van der Waals surface area contributed by atoms with Gasteiger partial charge in [-0.1, -0.05) is 51.9 Å². The fourth-order valence-electron chi connectivity index (χ4n) is 2.14. The summed E-state index contributed by atoms with van der Waals surface area (Å²) < 4.78 is 6.31. The summed E-state index contributed by atoms with van der Waals surface area (Å²) in [5.41, 5.74) is 1.48. The largest absolute Gasteiger partial charge is 0.426 e. The Balaban J connectivity index is 2.89. The first-order chi connectivity index (χ1) is 9.32. The number of benzene rings is 1. The standard InChI is InChI=1S/C18H31BO2/c1-16(2,3)18(6,7)21-19(8)15-11-9-10-14(12-15)13-17(4,5)20/h9-12,20H,13H2,1-8H3. The van der Waals surface area contributed by atoms with Gasteiger partial charge in [-0.2, -0.15) is 0 Å². The highest BCUT2D eigenvalue weighted by molar-refractivity contribution is 6.66. The molecule has 21 heavy (non-hydrogen) atoms. The van der Waals surface area contributed by atoms with Crippen molar-refractivity contribution in [2.75, 3.05) is 0 Å². The minimum absolute atomic E-state index is 0.0287. The third kappa shape index (κ3) is 5.48. The van der Waals surface area contributed by atoms with E-state index in [1.165, 1.54) is 0 Å². The molecule has 0 unspecified atom stereocenters. The third-order valence-corrected chi connectivity index (χ3v) is 4.33. The Bertz CT molecular complexity index is 467. The Morgan fingerprint density at radius 2 is 1.62 bits per heavy atom. The van der Waals surface area contributed by atoms with Crippen LogP contribution in [0.3, 0.4) is 0 Å². The number of rotatable bonds is 5. The Hall–Kier alpha value is -0.795. The van der Waals surface area contributed by atoms with E-state index in [0.717, 1.165) is 11.0 Å². The lowest BCUT2D eigenvalue weighted by molar-refractivity contribution is 0.000440. The Morgan fingerprint density at radius 3 is 2.10 bits per heavy atom. The summed E-state index contributed by atoms with van der Waals surface area (Å²) in [6.45, 7) is 16.7. The predicted molar refractivity (Wildman–Crippen MR) is 92.3 cm³/mol. The van der Waals surface area contributed by atoms with Gasteiger partial charge in [-0.25, -0.2) is 0 Å². The van der Waals surface area contributed by atoms with Gasteiger partial charge in [0.1, 0.15) is 0 Å². The zero-order valence-corrected chi connectivity index (χ0v) is 14.9. The molecule has 118 valence electrons. The molecule has 0 atom stereocenters. The normalized spacial score (nSPS) is 13.4. The van der Waals surface area contributed by atoms with Gasteiger partial charge in [0.05, 0.1) is 11.2 Å². The smallest absolute Gasteiger partial charge is 0.324 e. The molecule has 0 heterocycles. The van der Waals surface area contributed by atoms with Crippen LogP contribution in [0.5, 0.6) is 0 Å². The molecule has 0 spiro atoms. The summed E-state index contributed by atoms with van der Waals surface area (Å²) in [6, 6.07) is 8.34. The van der Waals surface area contributed by atoms with Gasteiger partial charge in [0.25, 0.3) is 0 Å². The zero-order chi connectivity index (χ0) is 16.5. The van der Waals surface area contributed by atoms with Crippen LogP contribution in [0.1, 0.15) is 54.0 Å². The second-order valence-electron chi connectivity index (χ2n) is 8.25. The first-order valence-corrected chi connectivity index (χ1v) is 7.81. The summed E-state index contributed by atoms with van der Waals surface area (Å²) in [7, 11) is 0. The van der Waals surface area contributed by atoms with Crippen molar-refractivity contribution >= 4 is 12.4 Å². The number of aliphatic hydroxyl groups is 1. The van der Waals surface area contributed by atoms with Crippen LogP contribution in [0.25, 0.3) is 0 Å². The highest BCUT2D eigenvalue weighted by Crippen LogP contribution is 2.33. The topological polar surface area (TPSA) is 29.5 Å². The molecule has 3 heteroatoms. The van der Waals surface area contributed by atoms with Crippen LogP contribution in [0.2, 0.25) is 6.82 Å². The van der Waals surface area contributed by atoms with Crippen molar-refractivity contribution in [2.45, 2.75) is 72.9 Å². The van der Waals surface area contributed by atoms with Crippen LogP contribution < -0.4 is 5.46 Å². The van der Waals surface area contributed by atoms with E-state index in [1.807, 2.05) is 19.9 Å². The Kier molecular flexibility index (Phi) is 5.33. The van der Waals surface area contributed by atoms with E-state index >= 15 is 0 Å². The number of hydrogen-bond donors (Lipinski definition) is 1. The summed E-state index contributed by atoms with van der Waals surface area (Å²) in [5.74, 6) is 0. The molecule has 1 aromatic rings. The molecule has 0 aliphatic heterocycles. The molecule has 1 N–H and O–H groups in total. The molecule has 0 saturated heterocycles. The fourth-order valence-corrected chi connectivity index (χ4v) is 2.14. The molecule has 0 aliphatic carbocycles. The molecular weight excluding hydrogens is 259 g/mol. The lowest BCUT2D eigenvalue weighted by Gasteiger charge is -2.41. The maximum atomic E-state index is 9.96. The van der Waals surface area contributed by atoms with E-state index in [-0.39, 0.29) is 17.9 Å². The molecule has 0 aliphatic rings. The first-order valence-electron chi connectivity index (χ1n) is 7.81. The minimum atomic E-state index is -0.687. The monoisotopic (exact) mass is 290 g/mol. The van der Waals surface area contributed by atoms with Crippen molar-refractivity contribution in [2.24, 2.45) is 5.41 Å². The molecular formula is C18H31BO2. The first kappa shape index (κ1) is 18.3. The zero-order valence-electron chi connectivity index (χ0n) is 14.9. The number of hydrogen-bond acceptors (Lipinski definition) is 2. The highest BCUT2D eigenvalue weighted by atomic mass is 16.5. The third-order valence-electron chi connectivity index (χ3n) is 4.33. The second kappa shape index (κ2) is 6.14. The van der Waals surface area contributed by atoms with Crippen molar-refractivity contribution in [3.63, 3.8) is 0 Å². The van der Waals surface area contributed by atoms with Crippen LogP contribution in [0.4, 0.5) is 0 Å². The van der Waals surface area contributed by atoms with Crippen molar-refractivity contribution in [3.05, 3.63) is 29.8 Å². The van der Waals surface area contributed by atoms with Crippen molar-refractivity contribution in [1.29, 1.82) is 0 Å². The van der Waals surface area contributed by atoms with E-state index < -0.39 is 5.60 Å². The predicted octanol–water partition coefficient (Wildman–Crippen LogP) is 3.67. The molecule has 0 radical (unpaired) electrons. The molecule has 0 amide bonds. The molecule has 0 aromatic heterocycles. The SMILES string of the molecule is CB(OC(C)(C)C(C)(C)C)c1cccc(CC(C)(C)O)c1. The van der Waals surface area contributed by atoms with Gasteiger partial charge in [-0.15, -0.1) is 0 Å². The molecule has 0 fully saturated rings. The quantitative estimate of drug-likeness (QED) is 0.838. The lowest BCUT2D eigenvalue weighted by Crippen LogP contribution is -2.47. The maximum absolute atomic E-state index is 9.96. The molecule has 2 nitrogen and oxygen atoms in total. The van der Waals surface area contributed by atoms with E-state index in [1.54, 1.807) is 0 Å². The van der Waals surface area contributed by atoms with E-state index in [0.29, 0.717) is 6.42 Å². The van der Waals surface area contributed by atoms with Gasteiger partial charge in [-0.05, 0) is 44.1 Å². The Morgan fingerprint density at radius 1 is 1.05 bits per heavy atom. The van der Waals surface area contributed by atoms with E-state index in [4.69, 9.17) is 4.65 Å². The van der Waals surface area contributed by atoms with Gasteiger partial charge in [0, 0.05) is 6.42 Å². The van der Waals surface area contributed by atoms with Gasteiger partial charge < -0.3 is 9.76 Å². The van der Waals surface area contributed by atoms with Gasteiger partial charge in [0.2, 0.25) is 0 Å². The summed E-state index contributed by atoms with van der Waals surface area (Å²) in [4.78, 5) is 0. The molecule has 0 saturated carbocycles. The molecule has 0 bridgehead atoms. The summed E-state index contributed by atoms with van der Waals surface area (Å²) >= 11 is 0. The van der Waals surface area contributed by atoms with E-state index in [2.05, 4.69) is 59.6 Å². The van der Waals surface area contributed by atoms with Gasteiger partial charge >= 0.3 is 6.92 Å². The molecule has 1 rings (SSSR count). The minimum Gasteiger partial charge on any atom is -0.426 e. The maximum Gasteiger partial charge on any atom is 0.324 e. The fraction of sp³-hybridized carbons (Fsp3) is 0.667. The van der Waals surface area contributed by atoms with Crippen LogP contribution in [-0.4, -0.2) is 23.2 Å². The average molecular weight is 290 g/mol. The van der Waals surface area contributed by atoms with Gasteiger partial charge in [0.15, 0.2) is 0 Å². The summed E-state index contributed by atoms with van der Waals surface area (Å²) in [5, 5.41) is 9.96. The van der Waals surface area contributed by atoms with Gasteiger partial charge in [-0.3, -0.25) is 0 Å². The van der Waals surface area contributed by atoms with Crippen LogP contribution in [0, 0.1) is 5.41 Å². The molecule has 1 aromatic carbocycles. The van der Waals surface area contributed by atoms with Crippen molar-refractivity contribution in [3.8, 4) is 0 Å². The van der Waals surface area contributed by atoms with Crippen LogP contribution >= 0.6 is 0 Å². The second-order valence-corrected chi connectivity index (χ2v) is 8.25.